The Morgan fingerprint density at radius 2 is 2.14 bits per heavy atom. The van der Waals surface area contributed by atoms with Gasteiger partial charge >= 0.3 is 0 Å². The lowest BCUT2D eigenvalue weighted by atomic mass is 10.3. The first-order valence-corrected chi connectivity index (χ1v) is 7.95. The predicted molar refractivity (Wildman–Crippen MR) is 83.1 cm³/mol. The van der Waals surface area contributed by atoms with E-state index in [1.54, 1.807) is 36.1 Å². The van der Waals surface area contributed by atoms with Gasteiger partial charge in [-0.15, -0.1) is 11.3 Å². The van der Waals surface area contributed by atoms with Gasteiger partial charge in [-0.25, -0.2) is 15.0 Å². The van der Waals surface area contributed by atoms with Crippen LogP contribution in [-0.4, -0.2) is 24.5 Å². The Kier molecular flexibility index (Phi) is 4.35. The maximum atomic E-state index is 4.69. The fourth-order valence-electron chi connectivity index (χ4n) is 2.12. The minimum absolute atomic E-state index is 0.717. The summed E-state index contributed by atoms with van der Waals surface area (Å²) >= 11 is 1.74. The highest BCUT2D eigenvalue weighted by Gasteiger charge is 2.09. The van der Waals surface area contributed by atoms with E-state index < -0.39 is 0 Å². The summed E-state index contributed by atoms with van der Waals surface area (Å²) in [6.07, 6.45) is 12.3. The second-order valence-corrected chi connectivity index (χ2v) is 5.75. The number of aryl methyl sites for hydroxylation is 1. The molecule has 0 spiro atoms. The Morgan fingerprint density at radius 1 is 1.19 bits per heavy atom. The van der Waals surface area contributed by atoms with Gasteiger partial charge in [0.15, 0.2) is 5.82 Å². The van der Waals surface area contributed by atoms with Gasteiger partial charge in [0.1, 0.15) is 5.69 Å². The number of aromatic nitrogens is 5. The third-order valence-electron chi connectivity index (χ3n) is 3.18. The number of nitrogens with zero attached hydrogens (tertiary/aromatic N) is 5. The molecule has 0 aliphatic carbocycles. The molecule has 0 unspecified atom stereocenters. The van der Waals surface area contributed by atoms with E-state index in [9.17, 15) is 0 Å². The second kappa shape index (κ2) is 6.58. The minimum Gasteiger partial charge on any atom is -0.324 e. The first-order chi connectivity index (χ1) is 10.4. The number of imidazole rings is 1. The second-order valence-electron chi connectivity index (χ2n) is 4.81. The monoisotopic (exact) mass is 299 g/mol. The normalized spacial score (nSPS) is 10.9. The molecule has 0 radical (unpaired) electrons. The van der Waals surface area contributed by atoms with Crippen molar-refractivity contribution in [1.82, 2.24) is 24.5 Å². The van der Waals surface area contributed by atoms with E-state index in [1.165, 1.54) is 17.8 Å². The van der Waals surface area contributed by atoms with Crippen molar-refractivity contribution in [3.8, 4) is 11.5 Å². The molecule has 108 valence electrons. The molecule has 0 saturated carbocycles. The van der Waals surface area contributed by atoms with Gasteiger partial charge in [0.25, 0.3) is 0 Å². The summed E-state index contributed by atoms with van der Waals surface area (Å²) in [7, 11) is 0. The topological polar surface area (TPSA) is 56.5 Å². The summed E-state index contributed by atoms with van der Waals surface area (Å²) in [6.45, 7) is 2.92. The lowest BCUT2D eigenvalue weighted by Crippen LogP contribution is -2.02. The third kappa shape index (κ3) is 3.33. The number of hydrogen-bond acceptors (Lipinski definition) is 5. The van der Waals surface area contributed by atoms with Gasteiger partial charge < -0.3 is 4.57 Å². The highest BCUT2D eigenvalue weighted by atomic mass is 32.1. The van der Waals surface area contributed by atoms with Gasteiger partial charge in [-0.05, 0) is 12.8 Å². The van der Waals surface area contributed by atoms with Gasteiger partial charge in [-0.2, -0.15) is 0 Å². The first-order valence-electron chi connectivity index (χ1n) is 7.07. The Hall–Kier alpha value is -2.08. The van der Waals surface area contributed by atoms with Gasteiger partial charge in [0.05, 0.1) is 23.4 Å². The van der Waals surface area contributed by atoms with Crippen LogP contribution in [0.5, 0.6) is 0 Å². The molecule has 3 aromatic heterocycles. The van der Waals surface area contributed by atoms with Gasteiger partial charge in [0.2, 0.25) is 0 Å². The van der Waals surface area contributed by atoms with Crippen LogP contribution in [-0.2, 0) is 13.0 Å². The standard InChI is InChI=1S/C15H17N5S/c1-2-3-4-14-19-12(11-21-14)10-20-8-7-18-15(20)13-9-16-5-6-17-13/h5-9,11H,2-4,10H2,1H3. The Balaban J connectivity index is 1.77. The van der Waals surface area contributed by atoms with Crippen molar-refractivity contribution in [2.45, 2.75) is 32.7 Å². The van der Waals surface area contributed by atoms with Crippen LogP contribution in [0.4, 0.5) is 0 Å². The Labute approximate surface area is 127 Å². The SMILES string of the molecule is CCCCc1nc(Cn2ccnc2-c2cnccn2)cs1. The molecular weight excluding hydrogens is 282 g/mol. The van der Waals surface area contributed by atoms with Crippen molar-refractivity contribution in [3.63, 3.8) is 0 Å². The van der Waals surface area contributed by atoms with Gasteiger partial charge in [-0.3, -0.25) is 4.98 Å². The predicted octanol–water partition coefficient (Wildman–Crippen LogP) is 3.19. The van der Waals surface area contributed by atoms with Crippen LogP contribution >= 0.6 is 11.3 Å². The number of hydrogen-bond donors (Lipinski definition) is 0. The smallest absolute Gasteiger partial charge is 0.160 e. The maximum absolute atomic E-state index is 4.69. The zero-order chi connectivity index (χ0) is 14.5. The molecule has 0 bridgehead atoms. The summed E-state index contributed by atoms with van der Waals surface area (Å²) in [5.74, 6) is 0.825. The molecule has 0 N–H and O–H groups in total. The van der Waals surface area contributed by atoms with E-state index in [-0.39, 0.29) is 0 Å². The lowest BCUT2D eigenvalue weighted by molar-refractivity contribution is 0.759. The van der Waals surface area contributed by atoms with E-state index in [4.69, 9.17) is 4.98 Å². The van der Waals surface area contributed by atoms with Gasteiger partial charge in [-0.1, -0.05) is 13.3 Å². The molecular formula is C15H17N5S. The molecule has 6 heteroatoms. The van der Waals surface area contributed by atoms with Crippen LogP contribution in [0.3, 0.4) is 0 Å². The summed E-state index contributed by atoms with van der Waals surface area (Å²) in [5, 5.41) is 3.35. The first kappa shape index (κ1) is 13.9. The molecule has 0 saturated heterocycles. The number of rotatable bonds is 6. The molecule has 21 heavy (non-hydrogen) atoms. The van der Waals surface area contributed by atoms with E-state index in [0.29, 0.717) is 6.54 Å². The van der Waals surface area contributed by atoms with E-state index in [2.05, 4.69) is 31.8 Å². The lowest BCUT2D eigenvalue weighted by Gasteiger charge is -2.04. The van der Waals surface area contributed by atoms with Gasteiger partial charge in [0, 0.05) is 30.2 Å². The summed E-state index contributed by atoms with van der Waals surface area (Å²) in [5.41, 5.74) is 1.86. The zero-order valence-electron chi connectivity index (χ0n) is 11.9. The quantitative estimate of drug-likeness (QED) is 0.701. The molecule has 3 heterocycles. The van der Waals surface area contributed by atoms with Crippen molar-refractivity contribution in [2.24, 2.45) is 0 Å². The van der Waals surface area contributed by atoms with Crippen LogP contribution in [0.1, 0.15) is 30.5 Å². The van der Waals surface area contributed by atoms with Crippen LogP contribution in [0, 0.1) is 0 Å². The number of unbranched alkanes of at least 4 members (excludes halogenated alkanes) is 1. The number of thiazole rings is 1. The van der Waals surface area contributed by atoms with Crippen molar-refractivity contribution < 1.29 is 0 Å². The molecule has 0 atom stereocenters. The molecule has 3 rings (SSSR count). The molecule has 0 aliphatic rings. The van der Waals surface area contributed by atoms with Crippen molar-refractivity contribution in [3.05, 3.63) is 47.1 Å². The molecule has 0 amide bonds. The van der Waals surface area contributed by atoms with E-state index >= 15 is 0 Å². The van der Waals surface area contributed by atoms with Crippen LogP contribution in [0.15, 0.2) is 36.4 Å². The van der Waals surface area contributed by atoms with Crippen LogP contribution in [0.2, 0.25) is 0 Å². The van der Waals surface area contributed by atoms with E-state index in [1.807, 2.05) is 6.20 Å². The Bertz CT molecular complexity index is 689. The van der Waals surface area contributed by atoms with E-state index in [0.717, 1.165) is 23.6 Å². The minimum atomic E-state index is 0.717. The molecule has 5 nitrogen and oxygen atoms in total. The largest absolute Gasteiger partial charge is 0.324 e. The highest BCUT2D eigenvalue weighted by molar-refractivity contribution is 7.09. The maximum Gasteiger partial charge on any atom is 0.160 e. The van der Waals surface area contributed by atoms with Crippen LogP contribution < -0.4 is 0 Å². The average molecular weight is 299 g/mol. The van der Waals surface area contributed by atoms with Crippen molar-refractivity contribution >= 4 is 11.3 Å². The zero-order valence-corrected chi connectivity index (χ0v) is 12.8. The van der Waals surface area contributed by atoms with Crippen molar-refractivity contribution in [1.29, 1.82) is 0 Å². The van der Waals surface area contributed by atoms with Crippen molar-refractivity contribution in [2.75, 3.05) is 0 Å². The summed E-state index contributed by atoms with van der Waals surface area (Å²) in [4.78, 5) is 17.5. The molecule has 0 fully saturated rings. The summed E-state index contributed by atoms with van der Waals surface area (Å²) < 4.78 is 2.06. The summed E-state index contributed by atoms with van der Waals surface area (Å²) in [6, 6.07) is 0. The fourth-order valence-corrected chi connectivity index (χ4v) is 2.95. The third-order valence-corrected chi connectivity index (χ3v) is 4.14. The molecule has 0 aromatic carbocycles. The van der Waals surface area contributed by atoms with Crippen LogP contribution in [0.25, 0.3) is 11.5 Å². The highest BCUT2D eigenvalue weighted by Crippen LogP contribution is 2.17. The molecule has 0 aliphatic heterocycles. The Morgan fingerprint density at radius 3 is 2.95 bits per heavy atom. The molecule has 3 aromatic rings. The fraction of sp³-hybridized carbons (Fsp3) is 0.333. The average Bonchev–Trinajstić information content (AvgIpc) is 3.16.